The molecule has 2 aromatic heterocycles. The van der Waals surface area contributed by atoms with E-state index >= 15 is 13.2 Å². The molecular formula is C71H53F6N3. The van der Waals surface area contributed by atoms with Gasteiger partial charge in [0.1, 0.15) is 11.6 Å². The van der Waals surface area contributed by atoms with Crippen molar-refractivity contribution in [3.8, 4) is 73.1 Å². The first-order chi connectivity index (χ1) is 38.1. The lowest BCUT2D eigenvalue weighted by molar-refractivity contribution is -0.142. The normalized spacial score (nSPS) is 12.1. The summed E-state index contributed by atoms with van der Waals surface area (Å²) in [7, 11) is 0. The predicted molar refractivity (Wildman–Crippen MR) is 315 cm³/mol. The zero-order chi connectivity index (χ0) is 56.3. The molecule has 0 saturated carbocycles. The van der Waals surface area contributed by atoms with Crippen molar-refractivity contribution in [2.45, 2.75) is 67.7 Å². The van der Waals surface area contributed by atoms with Crippen LogP contribution in [0, 0.1) is 66.7 Å². The van der Waals surface area contributed by atoms with Gasteiger partial charge in [0, 0.05) is 21.5 Å². The van der Waals surface area contributed by atoms with Crippen LogP contribution in [-0.4, -0.2) is 9.13 Å². The van der Waals surface area contributed by atoms with Crippen molar-refractivity contribution in [1.29, 1.82) is 5.26 Å². The van der Waals surface area contributed by atoms with Crippen molar-refractivity contribution in [3.05, 3.63) is 237 Å². The summed E-state index contributed by atoms with van der Waals surface area (Å²) in [6.45, 7) is 16.3. The van der Waals surface area contributed by atoms with Gasteiger partial charge in [-0.2, -0.15) is 31.6 Å². The monoisotopic (exact) mass is 1060 g/mol. The molecule has 0 aliphatic heterocycles. The van der Waals surface area contributed by atoms with Crippen LogP contribution in [0.4, 0.5) is 26.3 Å². The Morgan fingerprint density at radius 2 is 0.637 bits per heavy atom. The van der Waals surface area contributed by atoms with Crippen LogP contribution in [0.5, 0.6) is 0 Å². The molecule has 12 rings (SSSR count). The van der Waals surface area contributed by atoms with Crippen molar-refractivity contribution in [3.63, 3.8) is 0 Å². The molecule has 0 aliphatic carbocycles. The number of aromatic nitrogens is 2. The predicted octanol–water partition coefficient (Wildman–Crippen LogP) is 20.6. The molecule has 0 radical (unpaired) electrons. The number of benzene rings is 10. The van der Waals surface area contributed by atoms with Gasteiger partial charge >= 0.3 is 12.4 Å². The summed E-state index contributed by atoms with van der Waals surface area (Å²) >= 11 is 0. The van der Waals surface area contributed by atoms with E-state index in [9.17, 15) is 18.4 Å². The molecule has 10 aromatic carbocycles. The zero-order valence-corrected chi connectivity index (χ0v) is 45.4. The number of halogens is 6. The van der Waals surface area contributed by atoms with E-state index in [0.29, 0.717) is 28.1 Å². The minimum absolute atomic E-state index is 0.0350. The van der Waals surface area contributed by atoms with Crippen LogP contribution >= 0.6 is 0 Å². The fourth-order valence-electron chi connectivity index (χ4n) is 12.2. The summed E-state index contributed by atoms with van der Waals surface area (Å²) in [5.41, 5.74) is 15.9. The molecule has 9 heteroatoms. The van der Waals surface area contributed by atoms with Gasteiger partial charge in [-0.15, -0.1) is 0 Å². The first-order valence-corrected chi connectivity index (χ1v) is 26.5. The van der Waals surface area contributed by atoms with Gasteiger partial charge < -0.3 is 9.13 Å². The van der Waals surface area contributed by atoms with Crippen molar-refractivity contribution in [2.24, 2.45) is 0 Å². The van der Waals surface area contributed by atoms with E-state index in [-0.39, 0.29) is 28.6 Å². The molecular weight excluding hydrogens is 1010 g/mol. The largest absolute Gasteiger partial charge is 0.417 e. The number of aryl methyl sites for hydroxylation is 8. The van der Waals surface area contributed by atoms with E-state index in [2.05, 4.69) is 103 Å². The third-order valence-corrected chi connectivity index (χ3v) is 16.0. The molecule has 0 amide bonds. The summed E-state index contributed by atoms with van der Waals surface area (Å²) in [6.07, 6.45) is -10.3. The lowest BCUT2D eigenvalue weighted by Gasteiger charge is -2.21. The minimum Gasteiger partial charge on any atom is -0.308 e. The number of nitrogens with zero attached hydrogens (tertiary/aromatic N) is 3. The van der Waals surface area contributed by atoms with Crippen molar-refractivity contribution < 1.29 is 26.3 Å². The Bertz CT molecular complexity index is 4150. The third-order valence-electron chi connectivity index (χ3n) is 16.0. The Morgan fingerprint density at radius 1 is 0.325 bits per heavy atom. The molecule has 0 unspecified atom stereocenters. The number of alkyl halides is 6. The number of rotatable bonds is 7. The van der Waals surface area contributed by atoms with Gasteiger partial charge in [0.25, 0.3) is 0 Å². The second-order valence-corrected chi connectivity index (χ2v) is 21.6. The Balaban J connectivity index is 1.27. The van der Waals surface area contributed by atoms with E-state index in [1.807, 2.05) is 113 Å². The van der Waals surface area contributed by atoms with Crippen LogP contribution < -0.4 is 0 Å². The molecule has 80 heavy (non-hydrogen) atoms. The van der Waals surface area contributed by atoms with E-state index < -0.39 is 29.0 Å². The number of hydrogen-bond donors (Lipinski definition) is 0. The Hall–Kier alpha value is -9.13. The first kappa shape index (κ1) is 51.6. The maximum Gasteiger partial charge on any atom is 0.417 e. The first-order valence-electron chi connectivity index (χ1n) is 26.5. The fourth-order valence-corrected chi connectivity index (χ4v) is 12.2. The topological polar surface area (TPSA) is 33.6 Å². The number of fused-ring (bicyclic) bond motifs is 6. The maximum absolute atomic E-state index is 15.7. The molecule has 0 fully saturated rings. The highest BCUT2D eigenvalue weighted by molar-refractivity contribution is 6.13. The second kappa shape index (κ2) is 19.1. The Kier molecular flexibility index (Phi) is 12.3. The summed E-state index contributed by atoms with van der Waals surface area (Å²) in [5.74, 6) is 0. The SMILES string of the molecule is Cc1ccc(-c2ccc3c4ccc(-c5ccc(C)cc5C)cc4n(-c4cc(-c5ccc(C(F)(F)F)cc5C(F)(F)F)cc(-n5c6cc(-c7ccc(C)cc7C)ccc6c6ccc(-c7ccc(C)cc7C)cc65)c4C#N)c3c2)c(C)c1. The highest BCUT2D eigenvalue weighted by Gasteiger charge is 2.39. The quantitative estimate of drug-likeness (QED) is 0.146. The number of hydrogen-bond acceptors (Lipinski definition) is 1. The lowest BCUT2D eigenvalue weighted by atomic mass is 9.94. The molecule has 394 valence electrons. The zero-order valence-electron chi connectivity index (χ0n) is 45.4. The summed E-state index contributed by atoms with van der Waals surface area (Å²) < 4.78 is 94.3. The van der Waals surface area contributed by atoms with E-state index in [1.54, 1.807) is 12.1 Å². The fraction of sp³-hybridized carbons (Fsp3) is 0.141. The molecule has 2 heterocycles. The molecule has 0 aliphatic rings. The summed E-state index contributed by atoms with van der Waals surface area (Å²) in [4.78, 5) is 0. The van der Waals surface area contributed by atoms with Gasteiger partial charge in [-0.3, -0.25) is 0 Å². The molecule has 0 atom stereocenters. The van der Waals surface area contributed by atoms with Crippen LogP contribution in [0.2, 0.25) is 0 Å². The van der Waals surface area contributed by atoms with E-state index in [0.717, 1.165) is 117 Å². The second-order valence-electron chi connectivity index (χ2n) is 21.6. The maximum atomic E-state index is 15.7. The lowest BCUT2D eigenvalue weighted by Crippen LogP contribution is -2.12. The van der Waals surface area contributed by atoms with Crippen molar-refractivity contribution >= 4 is 43.6 Å². The molecule has 3 nitrogen and oxygen atoms in total. The van der Waals surface area contributed by atoms with E-state index in [1.165, 1.54) is 0 Å². The van der Waals surface area contributed by atoms with Gasteiger partial charge in [-0.1, -0.05) is 150 Å². The smallest absolute Gasteiger partial charge is 0.308 e. The highest BCUT2D eigenvalue weighted by atomic mass is 19.4. The van der Waals surface area contributed by atoms with Gasteiger partial charge in [0.15, 0.2) is 0 Å². The minimum atomic E-state index is -5.21. The van der Waals surface area contributed by atoms with Crippen LogP contribution in [0.25, 0.3) is 111 Å². The van der Waals surface area contributed by atoms with Gasteiger partial charge in [-0.25, -0.2) is 0 Å². The Morgan fingerprint density at radius 3 is 0.912 bits per heavy atom. The molecule has 0 saturated heterocycles. The van der Waals surface area contributed by atoms with Crippen LogP contribution in [0.15, 0.2) is 176 Å². The standard InChI is InChI=1S/C71H53F6N3/c1-39-9-18-53(43(5)27-39)47-13-22-58-59-23-14-48(54-19-10-40(2)28-44(54)6)32-65(59)79(64(58)31-47)68-35-51(57-26-17-52(70(72,73)74)37-63(57)71(75,76)77)36-69(62(68)38-78)80-66-33-49(55-20-11-41(3)29-45(55)7)15-24-60(66)61-25-16-50(34-67(61)80)56-21-12-42(4)30-46(56)8/h9-37H,1-8H3. The molecule has 0 spiro atoms. The highest BCUT2D eigenvalue weighted by Crippen LogP contribution is 2.47. The van der Waals surface area contributed by atoms with Crippen LogP contribution in [-0.2, 0) is 12.4 Å². The van der Waals surface area contributed by atoms with Crippen LogP contribution in [0.1, 0.15) is 61.2 Å². The number of nitriles is 1. The van der Waals surface area contributed by atoms with Gasteiger partial charge in [-0.05, 0) is 182 Å². The third kappa shape index (κ3) is 8.80. The van der Waals surface area contributed by atoms with Gasteiger partial charge in [0.05, 0.1) is 44.6 Å². The Labute approximate surface area is 460 Å². The van der Waals surface area contributed by atoms with Crippen molar-refractivity contribution in [2.75, 3.05) is 0 Å². The van der Waals surface area contributed by atoms with Crippen LogP contribution in [0.3, 0.4) is 0 Å². The summed E-state index contributed by atoms with van der Waals surface area (Å²) in [6, 6.07) is 57.0. The summed E-state index contributed by atoms with van der Waals surface area (Å²) in [5, 5.41) is 15.4. The average Bonchev–Trinajstić information content (AvgIpc) is 4.15. The van der Waals surface area contributed by atoms with Crippen molar-refractivity contribution in [1.82, 2.24) is 9.13 Å². The molecule has 12 aromatic rings. The van der Waals surface area contributed by atoms with Gasteiger partial charge in [0.2, 0.25) is 0 Å². The average molecular weight is 1060 g/mol. The van der Waals surface area contributed by atoms with E-state index in [4.69, 9.17) is 0 Å². The molecule has 0 N–H and O–H groups in total. The molecule has 0 bridgehead atoms.